The van der Waals surface area contributed by atoms with Gasteiger partial charge in [-0.15, -0.1) is 0 Å². The molecule has 0 aliphatic carbocycles. The highest BCUT2D eigenvalue weighted by Crippen LogP contribution is 2.29. The number of piperazine rings is 1. The number of esters is 1. The molecule has 0 spiro atoms. The minimum absolute atomic E-state index is 0.361. The van der Waals surface area contributed by atoms with Crippen molar-refractivity contribution < 1.29 is 14.3 Å². The van der Waals surface area contributed by atoms with Crippen LogP contribution in [0.25, 0.3) is 0 Å². The zero-order valence-electron chi connectivity index (χ0n) is 17.2. The Morgan fingerprint density at radius 2 is 2.00 bits per heavy atom. The van der Waals surface area contributed by atoms with Crippen LogP contribution < -0.4 is 15.5 Å². The van der Waals surface area contributed by atoms with Crippen LogP contribution in [0.4, 0.5) is 10.6 Å². The molecule has 31 heavy (non-hydrogen) atoms. The molecule has 1 aromatic carbocycles. The topological polar surface area (TPSA) is 86.8 Å². The van der Waals surface area contributed by atoms with E-state index in [1.165, 1.54) is 7.11 Å². The summed E-state index contributed by atoms with van der Waals surface area (Å²) >= 11 is 6.14. The van der Waals surface area contributed by atoms with Crippen LogP contribution in [0, 0.1) is 0 Å². The highest BCUT2D eigenvalue weighted by Gasteiger charge is 2.34. The molecule has 2 aliphatic heterocycles. The lowest BCUT2D eigenvalue weighted by atomic mass is 9.95. The van der Waals surface area contributed by atoms with Gasteiger partial charge in [0, 0.05) is 49.6 Å². The van der Waals surface area contributed by atoms with E-state index in [9.17, 15) is 9.59 Å². The number of nitrogens with zero attached hydrogens (tertiary/aromatic N) is 3. The average molecular weight is 442 g/mol. The van der Waals surface area contributed by atoms with Crippen molar-refractivity contribution >= 4 is 29.4 Å². The molecule has 162 valence electrons. The van der Waals surface area contributed by atoms with E-state index in [-0.39, 0.29) is 6.03 Å². The van der Waals surface area contributed by atoms with Crippen LogP contribution in [0.5, 0.6) is 0 Å². The summed E-state index contributed by atoms with van der Waals surface area (Å²) in [5.74, 6) is 0.465. The fourth-order valence-electron chi connectivity index (χ4n) is 3.93. The van der Waals surface area contributed by atoms with Gasteiger partial charge in [-0.05, 0) is 29.8 Å². The molecule has 2 N–H and O–H groups in total. The van der Waals surface area contributed by atoms with Crippen LogP contribution in [-0.2, 0) is 9.53 Å². The first kappa shape index (κ1) is 21.1. The molecule has 1 saturated heterocycles. The monoisotopic (exact) mass is 441 g/mol. The number of urea groups is 1. The summed E-state index contributed by atoms with van der Waals surface area (Å²) in [5, 5.41) is 6.16. The second kappa shape index (κ2) is 9.36. The van der Waals surface area contributed by atoms with Gasteiger partial charge >= 0.3 is 12.0 Å². The first-order chi connectivity index (χ1) is 15.0. The summed E-state index contributed by atoms with van der Waals surface area (Å²) in [5.41, 5.74) is 1.66. The van der Waals surface area contributed by atoms with E-state index in [1.807, 2.05) is 24.3 Å². The summed E-state index contributed by atoms with van der Waals surface area (Å²) < 4.78 is 5.05. The lowest BCUT2D eigenvalue weighted by Crippen LogP contribution is -2.51. The van der Waals surface area contributed by atoms with Crippen molar-refractivity contribution in [3.8, 4) is 0 Å². The number of pyridine rings is 1. The fourth-order valence-corrected chi connectivity index (χ4v) is 4.13. The third-order valence-corrected chi connectivity index (χ3v) is 5.70. The average Bonchev–Trinajstić information content (AvgIpc) is 2.79. The molecule has 2 aromatic rings. The van der Waals surface area contributed by atoms with E-state index in [0.29, 0.717) is 22.8 Å². The quantitative estimate of drug-likeness (QED) is 0.692. The fraction of sp³-hybridized carbons (Fsp3) is 0.318. The number of ether oxygens (including phenoxy) is 1. The van der Waals surface area contributed by atoms with Gasteiger partial charge in [-0.3, -0.25) is 4.90 Å². The second-order valence-corrected chi connectivity index (χ2v) is 7.86. The van der Waals surface area contributed by atoms with Gasteiger partial charge in [0.2, 0.25) is 0 Å². The molecule has 2 amide bonds. The second-order valence-electron chi connectivity index (χ2n) is 7.42. The van der Waals surface area contributed by atoms with Crippen LogP contribution in [0.15, 0.2) is 59.9 Å². The molecule has 4 rings (SSSR count). The number of benzene rings is 1. The molecular weight excluding hydrogens is 418 g/mol. The van der Waals surface area contributed by atoms with Crippen molar-refractivity contribution in [1.29, 1.82) is 0 Å². The predicted molar refractivity (Wildman–Crippen MR) is 118 cm³/mol. The molecule has 0 radical (unpaired) electrons. The number of aromatic nitrogens is 1. The summed E-state index contributed by atoms with van der Waals surface area (Å²) in [6.07, 6.45) is 1.79. The number of amides is 2. The SMILES string of the molecule is COC(=O)C1=C(CN2CCN(c3ccccn3)CC2)NC(=O)NC1c1cccc(Cl)c1. The predicted octanol–water partition coefficient (Wildman–Crippen LogP) is 2.34. The number of halogens is 1. The number of hydrogen-bond donors (Lipinski definition) is 2. The minimum Gasteiger partial charge on any atom is -0.466 e. The summed E-state index contributed by atoms with van der Waals surface area (Å²) in [6, 6.07) is 12.0. The highest BCUT2D eigenvalue weighted by atomic mass is 35.5. The third-order valence-electron chi connectivity index (χ3n) is 5.47. The maximum atomic E-state index is 12.7. The van der Waals surface area contributed by atoms with Crippen molar-refractivity contribution in [2.45, 2.75) is 6.04 Å². The standard InChI is InChI=1S/C22H24ClN5O3/c1-31-21(29)19-17(25-22(30)26-20(19)15-5-4-6-16(23)13-15)14-27-9-11-28(12-10-27)18-7-2-3-8-24-18/h2-8,13,20H,9-12,14H2,1H3,(H2,25,26,30). The molecule has 9 heteroatoms. The largest absolute Gasteiger partial charge is 0.466 e. The number of hydrogen-bond acceptors (Lipinski definition) is 6. The number of carbonyl (C=O) groups excluding carboxylic acids is 2. The molecular formula is C22H24ClN5O3. The molecule has 2 aliphatic rings. The van der Waals surface area contributed by atoms with Crippen LogP contribution in [0.1, 0.15) is 11.6 Å². The lowest BCUT2D eigenvalue weighted by Gasteiger charge is -2.37. The van der Waals surface area contributed by atoms with Crippen LogP contribution in [0.2, 0.25) is 5.02 Å². The smallest absolute Gasteiger partial charge is 0.338 e. The van der Waals surface area contributed by atoms with Gasteiger partial charge in [0.05, 0.1) is 18.7 Å². The van der Waals surface area contributed by atoms with E-state index in [4.69, 9.17) is 16.3 Å². The molecule has 0 saturated carbocycles. The van der Waals surface area contributed by atoms with Gasteiger partial charge < -0.3 is 20.3 Å². The van der Waals surface area contributed by atoms with Crippen LogP contribution in [0.3, 0.4) is 0 Å². The molecule has 1 unspecified atom stereocenters. The van der Waals surface area contributed by atoms with Crippen molar-refractivity contribution in [2.75, 3.05) is 44.7 Å². The van der Waals surface area contributed by atoms with Crippen LogP contribution >= 0.6 is 11.6 Å². The van der Waals surface area contributed by atoms with Crippen molar-refractivity contribution in [3.63, 3.8) is 0 Å². The Hall–Kier alpha value is -3.10. The number of nitrogens with one attached hydrogen (secondary N) is 2. The van der Waals surface area contributed by atoms with Crippen LogP contribution in [-0.4, -0.2) is 61.7 Å². The Morgan fingerprint density at radius 3 is 2.68 bits per heavy atom. The Balaban J connectivity index is 1.55. The number of carbonyl (C=O) groups is 2. The Bertz CT molecular complexity index is 990. The zero-order valence-corrected chi connectivity index (χ0v) is 17.9. The molecule has 1 atom stereocenters. The van der Waals surface area contributed by atoms with Gasteiger partial charge in [0.15, 0.2) is 0 Å². The maximum absolute atomic E-state index is 12.7. The molecule has 1 aromatic heterocycles. The van der Waals surface area contributed by atoms with E-state index in [2.05, 4.69) is 25.4 Å². The molecule has 8 nitrogen and oxygen atoms in total. The molecule has 0 bridgehead atoms. The summed E-state index contributed by atoms with van der Waals surface area (Å²) in [7, 11) is 1.34. The molecule has 3 heterocycles. The Labute approximate surface area is 185 Å². The Morgan fingerprint density at radius 1 is 1.19 bits per heavy atom. The van der Waals surface area contributed by atoms with Gasteiger partial charge in [-0.25, -0.2) is 14.6 Å². The van der Waals surface area contributed by atoms with Gasteiger partial charge in [0.25, 0.3) is 0 Å². The number of methoxy groups -OCH3 is 1. The van der Waals surface area contributed by atoms with Gasteiger partial charge in [0.1, 0.15) is 5.82 Å². The van der Waals surface area contributed by atoms with Crippen molar-refractivity contribution in [3.05, 3.63) is 70.5 Å². The highest BCUT2D eigenvalue weighted by molar-refractivity contribution is 6.30. The van der Waals surface area contributed by atoms with Crippen molar-refractivity contribution in [1.82, 2.24) is 20.5 Å². The first-order valence-corrected chi connectivity index (χ1v) is 10.5. The van der Waals surface area contributed by atoms with E-state index in [0.717, 1.165) is 37.6 Å². The summed E-state index contributed by atoms with van der Waals surface area (Å²) in [4.78, 5) is 33.9. The zero-order chi connectivity index (χ0) is 21.8. The van der Waals surface area contributed by atoms with E-state index < -0.39 is 12.0 Å². The Kier molecular flexibility index (Phi) is 6.39. The van der Waals surface area contributed by atoms with Gasteiger partial charge in [-0.1, -0.05) is 29.8 Å². The lowest BCUT2D eigenvalue weighted by molar-refractivity contribution is -0.136. The number of rotatable bonds is 5. The number of anilines is 1. The summed E-state index contributed by atoms with van der Waals surface area (Å²) in [6.45, 7) is 3.60. The van der Waals surface area contributed by atoms with E-state index >= 15 is 0 Å². The maximum Gasteiger partial charge on any atom is 0.338 e. The first-order valence-electron chi connectivity index (χ1n) is 10.1. The van der Waals surface area contributed by atoms with E-state index in [1.54, 1.807) is 24.4 Å². The minimum atomic E-state index is -0.635. The normalized spacial score (nSPS) is 19.6. The van der Waals surface area contributed by atoms with Gasteiger partial charge in [-0.2, -0.15) is 0 Å². The third kappa shape index (κ3) is 4.81. The van der Waals surface area contributed by atoms with Crippen molar-refractivity contribution in [2.24, 2.45) is 0 Å². The molecule has 1 fully saturated rings.